The van der Waals surface area contributed by atoms with Crippen molar-refractivity contribution in [1.82, 2.24) is 15.3 Å². The van der Waals surface area contributed by atoms with Crippen molar-refractivity contribution in [3.8, 4) is 0 Å². The van der Waals surface area contributed by atoms with Gasteiger partial charge in [0.2, 0.25) is 5.95 Å². The maximum Gasteiger partial charge on any atom is 0.203 e. The summed E-state index contributed by atoms with van der Waals surface area (Å²) in [6.45, 7) is 7.48. The molecule has 4 nitrogen and oxygen atoms in total. The highest BCUT2D eigenvalue weighted by molar-refractivity contribution is 5.33. The van der Waals surface area contributed by atoms with Gasteiger partial charge in [-0.25, -0.2) is 4.98 Å². The number of aromatic amines is 1. The quantitative estimate of drug-likeness (QED) is 0.787. The zero-order valence-corrected chi connectivity index (χ0v) is 9.58. The summed E-state index contributed by atoms with van der Waals surface area (Å²) >= 11 is 0. The summed E-state index contributed by atoms with van der Waals surface area (Å²) in [6, 6.07) is 0.592. The number of imidazole rings is 1. The molecule has 1 aromatic heterocycles. The fourth-order valence-electron chi connectivity index (χ4n) is 2.23. The van der Waals surface area contributed by atoms with Crippen LogP contribution in [0.5, 0.6) is 0 Å². The van der Waals surface area contributed by atoms with Crippen LogP contribution in [0.1, 0.15) is 25.5 Å². The minimum absolute atomic E-state index is 0.592. The smallest absolute Gasteiger partial charge is 0.203 e. The van der Waals surface area contributed by atoms with E-state index < -0.39 is 0 Å². The topological polar surface area (TPSA) is 44.0 Å². The van der Waals surface area contributed by atoms with Crippen LogP contribution in [0.15, 0.2) is 6.20 Å². The predicted molar refractivity (Wildman–Crippen MR) is 62.2 cm³/mol. The Kier molecular flexibility index (Phi) is 3.26. The highest BCUT2D eigenvalue weighted by Gasteiger charge is 2.21. The summed E-state index contributed by atoms with van der Waals surface area (Å²) in [7, 11) is 0. The van der Waals surface area contributed by atoms with Gasteiger partial charge in [-0.3, -0.25) is 0 Å². The molecule has 4 heteroatoms. The van der Waals surface area contributed by atoms with Crippen LogP contribution in [0.25, 0.3) is 0 Å². The molecule has 2 rings (SSSR count). The molecule has 1 aliphatic heterocycles. The molecule has 84 valence electrons. The molecule has 15 heavy (non-hydrogen) atoms. The van der Waals surface area contributed by atoms with Crippen LogP contribution in [-0.2, 0) is 0 Å². The van der Waals surface area contributed by atoms with Crippen molar-refractivity contribution in [2.24, 2.45) is 0 Å². The molecular formula is C11H20N4. The number of aromatic nitrogens is 2. The Morgan fingerprint density at radius 3 is 3.00 bits per heavy atom. The van der Waals surface area contributed by atoms with Gasteiger partial charge in [0.1, 0.15) is 0 Å². The highest BCUT2D eigenvalue weighted by atomic mass is 15.3. The summed E-state index contributed by atoms with van der Waals surface area (Å²) in [5.74, 6) is 1.02. The lowest BCUT2D eigenvalue weighted by Gasteiger charge is -2.33. The molecule has 1 aromatic rings. The number of nitrogens with one attached hydrogen (secondary N) is 2. The molecule has 0 aliphatic carbocycles. The lowest BCUT2D eigenvalue weighted by Crippen LogP contribution is -2.46. The van der Waals surface area contributed by atoms with Crippen LogP contribution in [0.2, 0.25) is 0 Å². The Labute approximate surface area is 91.1 Å². The van der Waals surface area contributed by atoms with Crippen LogP contribution in [0.4, 0.5) is 5.95 Å². The van der Waals surface area contributed by atoms with E-state index >= 15 is 0 Å². The number of rotatable bonds is 3. The van der Waals surface area contributed by atoms with Crippen LogP contribution in [0, 0.1) is 6.92 Å². The van der Waals surface area contributed by atoms with Gasteiger partial charge < -0.3 is 15.2 Å². The monoisotopic (exact) mass is 208 g/mol. The van der Waals surface area contributed by atoms with Crippen molar-refractivity contribution in [3.05, 3.63) is 11.9 Å². The number of hydrogen-bond donors (Lipinski definition) is 2. The van der Waals surface area contributed by atoms with Gasteiger partial charge in [-0.1, -0.05) is 0 Å². The molecule has 1 saturated heterocycles. The van der Waals surface area contributed by atoms with Gasteiger partial charge in [0.05, 0.1) is 0 Å². The second-order valence-electron chi connectivity index (χ2n) is 4.18. The van der Waals surface area contributed by atoms with E-state index in [0.717, 1.165) is 31.3 Å². The van der Waals surface area contributed by atoms with Crippen molar-refractivity contribution < 1.29 is 0 Å². The maximum atomic E-state index is 4.40. The summed E-state index contributed by atoms with van der Waals surface area (Å²) in [5.41, 5.74) is 1.13. The third-order valence-corrected chi connectivity index (χ3v) is 3.01. The molecule has 0 spiro atoms. The first-order valence-electron chi connectivity index (χ1n) is 5.80. The lowest BCUT2D eigenvalue weighted by molar-refractivity contribution is 0.431. The molecule has 0 aromatic carbocycles. The van der Waals surface area contributed by atoms with Crippen molar-refractivity contribution in [2.75, 3.05) is 24.5 Å². The van der Waals surface area contributed by atoms with Crippen molar-refractivity contribution >= 4 is 5.95 Å². The number of anilines is 1. The largest absolute Gasteiger partial charge is 0.338 e. The first-order valence-corrected chi connectivity index (χ1v) is 5.80. The zero-order chi connectivity index (χ0) is 10.7. The molecular weight excluding hydrogens is 188 g/mol. The zero-order valence-electron chi connectivity index (χ0n) is 9.58. The Hall–Kier alpha value is -1.03. The van der Waals surface area contributed by atoms with E-state index in [2.05, 4.69) is 27.1 Å². The lowest BCUT2D eigenvalue weighted by atomic mass is 10.1. The standard InChI is InChI=1S/C11H20N4/c1-3-15(10-5-4-6-12-8-10)11-13-7-9(2)14-11/h7,10,12H,3-6,8H2,1-2H3,(H,13,14). The molecule has 0 amide bonds. The third-order valence-electron chi connectivity index (χ3n) is 3.01. The van der Waals surface area contributed by atoms with E-state index in [0.29, 0.717) is 6.04 Å². The number of hydrogen-bond acceptors (Lipinski definition) is 3. The van der Waals surface area contributed by atoms with E-state index in [1.807, 2.05) is 13.1 Å². The number of likely N-dealkylation sites (N-methyl/N-ethyl adjacent to an activating group) is 1. The van der Waals surface area contributed by atoms with Crippen molar-refractivity contribution in [2.45, 2.75) is 32.7 Å². The van der Waals surface area contributed by atoms with Gasteiger partial charge in [-0.2, -0.15) is 0 Å². The van der Waals surface area contributed by atoms with Gasteiger partial charge >= 0.3 is 0 Å². The molecule has 1 unspecified atom stereocenters. The minimum atomic E-state index is 0.592. The number of piperidine rings is 1. The van der Waals surface area contributed by atoms with Gasteiger partial charge in [0.15, 0.2) is 0 Å². The second-order valence-corrected chi connectivity index (χ2v) is 4.18. The average Bonchev–Trinajstić information content (AvgIpc) is 2.68. The first-order chi connectivity index (χ1) is 7.31. The molecule has 1 aliphatic rings. The molecule has 1 atom stereocenters. The highest BCUT2D eigenvalue weighted by Crippen LogP contribution is 2.16. The van der Waals surface area contributed by atoms with Crippen LogP contribution in [0.3, 0.4) is 0 Å². The second kappa shape index (κ2) is 4.66. The summed E-state index contributed by atoms with van der Waals surface area (Å²) in [6.07, 6.45) is 4.43. The van der Waals surface area contributed by atoms with Crippen molar-refractivity contribution in [1.29, 1.82) is 0 Å². The van der Waals surface area contributed by atoms with Gasteiger partial charge in [-0.05, 0) is 33.2 Å². The summed E-state index contributed by atoms with van der Waals surface area (Å²) in [4.78, 5) is 10.1. The third kappa shape index (κ3) is 2.31. The van der Waals surface area contributed by atoms with Gasteiger partial charge in [0, 0.05) is 31.0 Å². The molecule has 0 bridgehead atoms. The molecule has 0 saturated carbocycles. The van der Waals surface area contributed by atoms with Crippen LogP contribution in [-0.4, -0.2) is 35.6 Å². The summed E-state index contributed by atoms with van der Waals surface area (Å²) in [5, 5.41) is 3.44. The number of aryl methyl sites for hydroxylation is 1. The molecule has 1 fully saturated rings. The number of nitrogens with zero attached hydrogens (tertiary/aromatic N) is 2. The Bertz CT molecular complexity index is 301. The predicted octanol–water partition coefficient (Wildman–Crippen LogP) is 1.30. The van der Waals surface area contributed by atoms with Gasteiger partial charge in [-0.15, -0.1) is 0 Å². The van der Waals surface area contributed by atoms with E-state index in [-0.39, 0.29) is 0 Å². The minimum Gasteiger partial charge on any atom is -0.338 e. The van der Waals surface area contributed by atoms with Crippen LogP contribution < -0.4 is 10.2 Å². The SMILES string of the molecule is CCN(c1ncc(C)[nH]1)C1CCCNC1. The van der Waals surface area contributed by atoms with E-state index in [1.54, 1.807) is 0 Å². The fourth-order valence-corrected chi connectivity index (χ4v) is 2.23. The molecule has 2 N–H and O–H groups in total. The van der Waals surface area contributed by atoms with Crippen molar-refractivity contribution in [3.63, 3.8) is 0 Å². The Morgan fingerprint density at radius 1 is 1.60 bits per heavy atom. The molecule has 2 heterocycles. The van der Waals surface area contributed by atoms with E-state index in [9.17, 15) is 0 Å². The number of H-pyrrole nitrogens is 1. The Balaban J connectivity index is 2.08. The van der Waals surface area contributed by atoms with E-state index in [4.69, 9.17) is 0 Å². The Morgan fingerprint density at radius 2 is 2.47 bits per heavy atom. The molecule has 0 radical (unpaired) electrons. The first kappa shape index (κ1) is 10.5. The van der Waals surface area contributed by atoms with Crippen LogP contribution >= 0.6 is 0 Å². The summed E-state index contributed by atoms with van der Waals surface area (Å²) < 4.78 is 0. The normalized spacial score (nSPS) is 21.6. The van der Waals surface area contributed by atoms with E-state index in [1.165, 1.54) is 12.8 Å². The maximum absolute atomic E-state index is 4.40. The van der Waals surface area contributed by atoms with Gasteiger partial charge in [0.25, 0.3) is 0 Å². The fraction of sp³-hybridized carbons (Fsp3) is 0.727. The average molecular weight is 208 g/mol.